The standard InChI is InChI=1S/C9H10ClFN2O/c1-5-7(11)4-3-6(8(5)10)9(14)13-12-2/h3-4,12H,1-2H3,(H,13,14). The van der Waals surface area contributed by atoms with Gasteiger partial charge in [-0.15, -0.1) is 0 Å². The second-order valence-electron chi connectivity index (χ2n) is 2.74. The molecule has 76 valence electrons. The average molecular weight is 217 g/mol. The van der Waals surface area contributed by atoms with Gasteiger partial charge in [0.1, 0.15) is 5.82 Å². The van der Waals surface area contributed by atoms with Crippen molar-refractivity contribution in [3.05, 3.63) is 34.1 Å². The molecule has 0 fully saturated rings. The van der Waals surface area contributed by atoms with Crippen molar-refractivity contribution < 1.29 is 9.18 Å². The van der Waals surface area contributed by atoms with Crippen molar-refractivity contribution in [3.8, 4) is 0 Å². The molecule has 0 aliphatic carbocycles. The van der Waals surface area contributed by atoms with E-state index < -0.39 is 5.82 Å². The van der Waals surface area contributed by atoms with Crippen molar-refractivity contribution >= 4 is 17.5 Å². The lowest BCUT2D eigenvalue weighted by Crippen LogP contribution is -2.34. The van der Waals surface area contributed by atoms with E-state index in [9.17, 15) is 9.18 Å². The summed E-state index contributed by atoms with van der Waals surface area (Å²) in [4.78, 5) is 11.3. The second kappa shape index (κ2) is 4.39. The maximum Gasteiger partial charge on any atom is 0.266 e. The average Bonchev–Trinajstić information content (AvgIpc) is 2.15. The van der Waals surface area contributed by atoms with Crippen LogP contribution in [0.4, 0.5) is 4.39 Å². The highest BCUT2D eigenvalue weighted by Crippen LogP contribution is 2.22. The molecule has 0 radical (unpaired) electrons. The van der Waals surface area contributed by atoms with E-state index >= 15 is 0 Å². The summed E-state index contributed by atoms with van der Waals surface area (Å²) < 4.78 is 13.0. The van der Waals surface area contributed by atoms with E-state index in [4.69, 9.17) is 11.6 Å². The Morgan fingerprint density at radius 1 is 1.50 bits per heavy atom. The van der Waals surface area contributed by atoms with Crippen LogP contribution in [0.3, 0.4) is 0 Å². The molecule has 14 heavy (non-hydrogen) atoms. The molecular formula is C9H10ClFN2O. The lowest BCUT2D eigenvalue weighted by molar-refractivity contribution is 0.0938. The van der Waals surface area contributed by atoms with Crippen molar-refractivity contribution in [3.63, 3.8) is 0 Å². The highest BCUT2D eigenvalue weighted by molar-refractivity contribution is 6.34. The number of carbonyl (C=O) groups is 1. The van der Waals surface area contributed by atoms with Gasteiger partial charge < -0.3 is 0 Å². The third-order valence-electron chi connectivity index (χ3n) is 1.80. The van der Waals surface area contributed by atoms with Gasteiger partial charge >= 0.3 is 0 Å². The number of hydrogen-bond donors (Lipinski definition) is 2. The smallest absolute Gasteiger partial charge is 0.266 e. The number of carbonyl (C=O) groups excluding carboxylic acids is 1. The molecule has 1 rings (SSSR count). The van der Waals surface area contributed by atoms with E-state index in [1.165, 1.54) is 19.1 Å². The Hall–Kier alpha value is -1.13. The zero-order valence-corrected chi connectivity index (χ0v) is 8.57. The Balaban J connectivity index is 3.11. The zero-order chi connectivity index (χ0) is 10.7. The zero-order valence-electron chi connectivity index (χ0n) is 7.82. The molecule has 5 heteroatoms. The molecule has 0 bridgehead atoms. The van der Waals surface area contributed by atoms with Gasteiger partial charge in [0, 0.05) is 12.6 Å². The van der Waals surface area contributed by atoms with Crippen molar-refractivity contribution in [2.75, 3.05) is 7.05 Å². The van der Waals surface area contributed by atoms with Gasteiger partial charge in [-0.25, -0.2) is 9.82 Å². The predicted octanol–water partition coefficient (Wildman–Crippen LogP) is 1.65. The molecule has 0 saturated heterocycles. The van der Waals surface area contributed by atoms with Crippen molar-refractivity contribution in [2.24, 2.45) is 0 Å². The number of nitrogens with one attached hydrogen (secondary N) is 2. The van der Waals surface area contributed by atoms with Gasteiger partial charge in [-0.05, 0) is 19.1 Å². The maximum atomic E-state index is 13.0. The fourth-order valence-electron chi connectivity index (χ4n) is 1.02. The minimum absolute atomic E-state index is 0.137. The minimum atomic E-state index is -0.420. The monoisotopic (exact) mass is 216 g/mol. The van der Waals surface area contributed by atoms with E-state index in [2.05, 4.69) is 10.9 Å². The molecule has 0 heterocycles. The Bertz CT molecular complexity index is 368. The first kappa shape index (κ1) is 10.9. The van der Waals surface area contributed by atoms with E-state index in [-0.39, 0.29) is 22.1 Å². The lowest BCUT2D eigenvalue weighted by Gasteiger charge is -2.07. The third kappa shape index (κ3) is 2.02. The number of benzene rings is 1. The van der Waals surface area contributed by atoms with E-state index in [1.807, 2.05) is 0 Å². The Morgan fingerprint density at radius 3 is 2.71 bits per heavy atom. The summed E-state index contributed by atoms with van der Waals surface area (Å²) in [6, 6.07) is 2.56. The third-order valence-corrected chi connectivity index (χ3v) is 2.29. The molecule has 0 spiro atoms. The van der Waals surface area contributed by atoms with Gasteiger partial charge in [-0.3, -0.25) is 10.2 Å². The van der Waals surface area contributed by atoms with Crippen LogP contribution in [0.1, 0.15) is 15.9 Å². The van der Waals surface area contributed by atoms with Crippen LogP contribution in [0, 0.1) is 12.7 Å². The van der Waals surface area contributed by atoms with Gasteiger partial charge in [0.25, 0.3) is 5.91 Å². The summed E-state index contributed by atoms with van der Waals surface area (Å²) in [6.07, 6.45) is 0. The van der Waals surface area contributed by atoms with Crippen LogP contribution >= 0.6 is 11.6 Å². The molecule has 1 amide bonds. The van der Waals surface area contributed by atoms with E-state index in [1.54, 1.807) is 7.05 Å². The van der Waals surface area contributed by atoms with Gasteiger partial charge in [-0.2, -0.15) is 0 Å². The first-order chi connectivity index (χ1) is 6.57. The van der Waals surface area contributed by atoms with Crippen molar-refractivity contribution in [2.45, 2.75) is 6.92 Å². The summed E-state index contributed by atoms with van der Waals surface area (Å²) in [5.41, 5.74) is 5.35. The van der Waals surface area contributed by atoms with Crippen LogP contribution in [0.5, 0.6) is 0 Å². The molecule has 1 aromatic carbocycles. The number of halogens is 2. The number of rotatable bonds is 2. The first-order valence-electron chi connectivity index (χ1n) is 3.99. The normalized spacial score (nSPS) is 10.0. The number of amides is 1. The van der Waals surface area contributed by atoms with Crippen molar-refractivity contribution in [1.82, 2.24) is 10.9 Å². The highest BCUT2D eigenvalue weighted by Gasteiger charge is 2.13. The van der Waals surface area contributed by atoms with Gasteiger partial charge in [0.15, 0.2) is 0 Å². The summed E-state index contributed by atoms with van der Waals surface area (Å²) in [6.45, 7) is 1.52. The predicted molar refractivity (Wildman–Crippen MR) is 52.7 cm³/mol. The first-order valence-corrected chi connectivity index (χ1v) is 4.37. The van der Waals surface area contributed by atoms with Crippen LogP contribution in [-0.2, 0) is 0 Å². The van der Waals surface area contributed by atoms with Gasteiger partial charge in [0.05, 0.1) is 10.6 Å². The molecule has 0 aliphatic rings. The largest absolute Gasteiger partial charge is 0.288 e. The van der Waals surface area contributed by atoms with Crippen molar-refractivity contribution in [1.29, 1.82) is 0 Å². The molecule has 0 atom stereocenters. The molecule has 0 saturated carbocycles. The maximum absolute atomic E-state index is 13.0. The summed E-state index contributed by atoms with van der Waals surface area (Å²) in [7, 11) is 1.56. The van der Waals surface area contributed by atoms with Crippen LogP contribution in [0.25, 0.3) is 0 Å². The molecular weight excluding hydrogens is 207 g/mol. The summed E-state index contributed by atoms with van der Waals surface area (Å²) in [5.74, 6) is -0.809. The second-order valence-corrected chi connectivity index (χ2v) is 3.12. The highest BCUT2D eigenvalue weighted by atomic mass is 35.5. The SMILES string of the molecule is CNNC(=O)c1ccc(F)c(C)c1Cl. The van der Waals surface area contributed by atoms with Gasteiger partial charge in [-0.1, -0.05) is 11.6 Å². The number of hydrazine groups is 1. The van der Waals surface area contributed by atoms with E-state index in [0.717, 1.165) is 0 Å². The molecule has 3 nitrogen and oxygen atoms in total. The molecule has 0 unspecified atom stereocenters. The van der Waals surface area contributed by atoms with Crippen LogP contribution in [0.2, 0.25) is 5.02 Å². The van der Waals surface area contributed by atoms with E-state index in [0.29, 0.717) is 0 Å². The Morgan fingerprint density at radius 2 is 2.14 bits per heavy atom. The molecule has 0 aliphatic heterocycles. The number of hydrogen-bond acceptors (Lipinski definition) is 2. The Labute approximate surface area is 86.2 Å². The minimum Gasteiger partial charge on any atom is -0.288 e. The fourth-order valence-corrected chi connectivity index (χ4v) is 1.26. The molecule has 0 aromatic heterocycles. The summed E-state index contributed by atoms with van der Waals surface area (Å²) in [5, 5.41) is 0.137. The lowest BCUT2D eigenvalue weighted by atomic mass is 10.1. The van der Waals surface area contributed by atoms with Crippen LogP contribution < -0.4 is 10.9 Å². The van der Waals surface area contributed by atoms with Crippen LogP contribution in [-0.4, -0.2) is 13.0 Å². The molecule has 2 N–H and O–H groups in total. The quantitative estimate of drug-likeness (QED) is 0.739. The summed E-state index contributed by atoms with van der Waals surface area (Å²) >= 11 is 5.80. The van der Waals surface area contributed by atoms with Crippen LogP contribution in [0.15, 0.2) is 12.1 Å². The van der Waals surface area contributed by atoms with Gasteiger partial charge in [0.2, 0.25) is 0 Å². The Kier molecular flexibility index (Phi) is 3.43. The fraction of sp³-hybridized carbons (Fsp3) is 0.222. The topological polar surface area (TPSA) is 41.1 Å². The molecule has 1 aromatic rings.